The van der Waals surface area contributed by atoms with E-state index in [0.717, 1.165) is 10.5 Å². The van der Waals surface area contributed by atoms with E-state index in [1.165, 1.54) is 0 Å². The number of carbonyl (C=O) groups excluding carboxylic acids is 3. The van der Waals surface area contributed by atoms with Gasteiger partial charge in [0.2, 0.25) is 5.91 Å². The fourth-order valence-electron chi connectivity index (χ4n) is 4.43. The zero-order chi connectivity index (χ0) is 30.9. The van der Waals surface area contributed by atoms with Gasteiger partial charge in [0.15, 0.2) is 5.84 Å². The van der Waals surface area contributed by atoms with Crippen LogP contribution in [0.3, 0.4) is 0 Å². The molecular formula is C31H39ClN4O6. The minimum atomic E-state index is -0.646. The van der Waals surface area contributed by atoms with Crippen LogP contribution in [0.25, 0.3) is 0 Å². The average Bonchev–Trinajstić information content (AvgIpc) is 3.10. The van der Waals surface area contributed by atoms with Gasteiger partial charge in [-0.15, -0.1) is 0 Å². The zero-order valence-corrected chi connectivity index (χ0v) is 25.5. The highest BCUT2D eigenvalue weighted by Crippen LogP contribution is 2.27. The second-order valence-corrected chi connectivity index (χ2v) is 11.3. The molecule has 3 rings (SSSR count). The Labute approximate surface area is 252 Å². The molecule has 1 aliphatic rings. The Hall–Kier alpha value is -4.05. The van der Waals surface area contributed by atoms with Crippen LogP contribution in [0.1, 0.15) is 61.6 Å². The van der Waals surface area contributed by atoms with Crippen molar-refractivity contribution in [3.05, 3.63) is 76.8 Å². The van der Waals surface area contributed by atoms with Crippen molar-refractivity contribution in [2.45, 2.75) is 52.2 Å². The number of nitrogens with zero attached hydrogens (tertiary/aromatic N) is 2. The molecule has 1 saturated heterocycles. The van der Waals surface area contributed by atoms with Crippen LogP contribution < -0.4 is 15.4 Å². The van der Waals surface area contributed by atoms with Crippen molar-refractivity contribution in [1.82, 2.24) is 15.5 Å². The van der Waals surface area contributed by atoms with Gasteiger partial charge in [0, 0.05) is 11.6 Å². The number of amidine groups is 1. The molecule has 2 aromatic rings. The van der Waals surface area contributed by atoms with Gasteiger partial charge in [-0.1, -0.05) is 48.5 Å². The fraction of sp³-hybridized carbons (Fsp3) is 0.419. The third-order valence-electron chi connectivity index (χ3n) is 6.43. The minimum Gasteiger partial charge on any atom is -0.496 e. The molecule has 2 N–H and O–H groups in total. The lowest BCUT2D eigenvalue weighted by Gasteiger charge is -2.26. The van der Waals surface area contributed by atoms with Gasteiger partial charge in [-0.3, -0.25) is 9.69 Å². The van der Waals surface area contributed by atoms with Crippen LogP contribution in [0, 0.1) is 5.92 Å². The van der Waals surface area contributed by atoms with Gasteiger partial charge in [0.25, 0.3) is 0 Å². The number of imide groups is 1. The number of ether oxygens (including phenoxy) is 2. The van der Waals surface area contributed by atoms with Crippen molar-refractivity contribution >= 4 is 35.3 Å². The molecule has 0 aromatic heterocycles. The van der Waals surface area contributed by atoms with E-state index in [9.17, 15) is 14.4 Å². The van der Waals surface area contributed by atoms with Crippen LogP contribution in [0.4, 0.5) is 4.79 Å². The van der Waals surface area contributed by atoms with E-state index in [2.05, 4.69) is 22.4 Å². The van der Waals surface area contributed by atoms with Crippen LogP contribution in [-0.4, -0.2) is 61.1 Å². The highest BCUT2D eigenvalue weighted by atomic mass is 35.5. The first-order valence-electron chi connectivity index (χ1n) is 13.8. The summed E-state index contributed by atoms with van der Waals surface area (Å²) in [7, 11) is 1.55. The molecule has 226 valence electrons. The smallest absolute Gasteiger partial charge is 0.338 e. The predicted molar refractivity (Wildman–Crippen MR) is 162 cm³/mol. The number of halogens is 1. The fourth-order valence-corrected chi connectivity index (χ4v) is 4.63. The molecule has 3 amide bonds. The summed E-state index contributed by atoms with van der Waals surface area (Å²) >= 11 is 6.22. The summed E-state index contributed by atoms with van der Waals surface area (Å²) in [6, 6.07) is 11.0. The molecule has 0 aliphatic carbocycles. The molecule has 1 aliphatic heterocycles. The topological polar surface area (TPSA) is 119 Å². The third kappa shape index (κ3) is 8.97. The molecule has 42 heavy (non-hydrogen) atoms. The summed E-state index contributed by atoms with van der Waals surface area (Å²) in [6.45, 7) is 11.2. The number of hydrogen-bond donors (Lipinski definition) is 2. The molecule has 10 nitrogen and oxygen atoms in total. The Morgan fingerprint density at radius 1 is 1.26 bits per heavy atom. The molecule has 0 unspecified atom stereocenters. The van der Waals surface area contributed by atoms with E-state index in [4.69, 9.17) is 25.9 Å². The molecule has 0 bridgehead atoms. The van der Waals surface area contributed by atoms with Crippen LogP contribution in [0.2, 0.25) is 5.02 Å². The van der Waals surface area contributed by atoms with Crippen molar-refractivity contribution in [1.29, 1.82) is 0 Å². The van der Waals surface area contributed by atoms with Gasteiger partial charge in [-0.05, 0) is 75.1 Å². The molecule has 11 heteroatoms. The maximum atomic E-state index is 13.8. The standard InChI is InChI=1S/C31H39ClN4O6/c1-7-14-41-35-27-19-36(28(37)23(18-33-27)16-22-17-24(32)12-13-26(22)40-6)30(39)34-25(8-2)20-10-9-11-21(15-20)29(38)42-31(3,4)5/h7,9-13,15,17,23,25H,1,8,14,16,18-19H2,2-6H3,(H,33,35)(H,34,39)/t23-,25-/m1/s1. The number of rotatable bonds is 10. The van der Waals surface area contributed by atoms with Gasteiger partial charge in [0.1, 0.15) is 18.0 Å². The van der Waals surface area contributed by atoms with Gasteiger partial charge in [0.05, 0.1) is 31.2 Å². The zero-order valence-electron chi connectivity index (χ0n) is 24.7. The number of nitrogens with one attached hydrogen (secondary N) is 2. The number of urea groups is 1. The second-order valence-electron chi connectivity index (χ2n) is 10.8. The van der Waals surface area contributed by atoms with Crippen LogP contribution >= 0.6 is 11.6 Å². The lowest BCUT2D eigenvalue weighted by Crippen LogP contribution is -2.48. The Morgan fingerprint density at radius 3 is 2.69 bits per heavy atom. The summed E-state index contributed by atoms with van der Waals surface area (Å²) in [6.07, 6.45) is 2.33. The van der Waals surface area contributed by atoms with Gasteiger partial charge >= 0.3 is 12.0 Å². The Bertz CT molecular complexity index is 1320. The largest absolute Gasteiger partial charge is 0.496 e. The normalized spacial score (nSPS) is 17.1. The lowest BCUT2D eigenvalue weighted by molar-refractivity contribution is -0.131. The molecule has 2 aromatic carbocycles. The third-order valence-corrected chi connectivity index (χ3v) is 6.66. The first-order chi connectivity index (χ1) is 19.9. The monoisotopic (exact) mass is 598 g/mol. The van der Waals surface area contributed by atoms with E-state index >= 15 is 0 Å². The average molecular weight is 599 g/mol. The Balaban J connectivity index is 1.87. The molecule has 1 fully saturated rings. The maximum Gasteiger partial charge on any atom is 0.338 e. The molecule has 2 atom stereocenters. The summed E-state index contributed by atoms with van der Waals surface area (Å²) in [4.78, 5) is 46.5. The van der Waals surface area contributed by atoms with Gasteiger partial charge < -0.3 is 24.9 Å². The molecule has 0 radical (unpaired) electrons. The number of carbonyl (C=O) groups is 3. The molecular weight excluding hydrogens is 560 g/mol. The van der Waals surface area contributed by atoms with Gasteiger partial charge in [-0.2, -0.15) is 0 Å². The summed E-state index contributed by atoms with van der Waals surface area (Å²) in [5, 5.41) is 10.7. The molecule has 0 saturated carbocycles. The number of amides is 3. The maximum absolute atomic E-state index is 13.8. The quantitative estimate of drug-likeness (QED) is 0.165. The Kier molecular flexibility index (Phi) is 11.4. The number of oxime groups is 1. The number of methoxy groups -OCH3 is 1. The number of benzene rings is 2. The lowest BCUT2D eigenvalue weighted by atomic mass is 9.97. The van der Waals surface area contributed by atoms with Crippen molar-refractivity contribution in [2.24, 2.45) is 11.1 Å². The van der Waals surface area contributed by atoms with E-state index in [-0.39, 0.29) is 26.1 Å². The Morgan fingerprint density at radius 2 is 2.02 bits per heavy atom. The highest BCUT2D eigenvalue weighted by molar-refractivity contribution is 6.30. The number of esters is 1. The van der Waals surface area contributed by atoms with E-state index in [0.29, 0.717) is 34.2 Å². The van der Waals surface area contributed by atoms with Crippen molar-refractivity contribution in [2.75, 3.05) is 26.8 Å². The van der Waals surface area contributed by atoms with Crippen molar-refractivity contribution < 1.29 is 28.7 Å². The first kappa shape index (κ1) is 32.5. The van der Waals surface area contributed by atoms with Gasteiger partial charge in [-0.25, -0.2) is 9.59 Å². The summed E-state index contributed by atoms with van der Waals surface area (Å²) in [5.41, 5.74) is 1.17. The number of hydrogen-bond acceptors (Lipinski definition) is 7. The summed E-state index contributed by atoms with van der Waals surface area (Å²) in [5.74, 6) is -0.578. The van der Waals surface area contributed by atoms with Crippen LogP contribution in [-0.2, 0) is 20.8 Å². The minimum absolute atomic E-state index is 0.126. The predicted octanol–water partition coefficient (Wildman–Crippen LogP) is 5.27. The van der Waals surface area contributed by atoms with E-state index < -0.39 is 35.5 Å². The van der Waals surface area contributed by atoms with E-state index in [1.54, 1.807) is 70.4 Å². The molecule has 1 heterocycles. The SMILES string of the molecule is C=CCO/N=C1/CN(C(=O)N[C@H](CC)c2cccc(C(=O)OC(C)(C)C)c2)C(=O)[C@H](Cc2cc(Cl)ccc2OC)CN1. The van der Waals surface area contributed by atoms with Crippen molar-refractivity contribution in [3.63, 3.8) is 0 Å². The van der Waals surface area contributed by atoms with E-state index in [1.807, 2.05) is 13.0 Å². The summed E-state index contributed by atoms with van der Waals surface area (Å²) < 4.78 is 11.0. The van der Waals surface area contributed by atoms with Crippen LogP contribution in [0.5, 0.6) is 5.75 Å². The van der Waals surface area contributed by atoms with Crippen molar-refractivity contribution in [3.8, 4) is 5.75 Å². The van der Waals surface area contributed by atoms with Crippen LogP contribution in [0.15, 0.2) is 60.3 Å². The first-order valence-corrected chi connectivity index (χ1v) is 14.1. The highest BCUT2D eigenvalue weighted by Gasteiger charge is 2.35. The second kappa shape index (κ2) is 14.7. The molecule has 0 spiro atoms.